The zero-order valence-corrected chi connectivity index (χ0v) is 18.3. The number of aryl methyl sites for hydroxylation is 1. The molecule has 0 unspecified atom stereocenters. The summed E-state index contributed by atoms with van der Waals surface area (Å²) in [7, 11) is 0. The quantitative estimate of drug-likeness (QED) is 0.797. The lowest BCUT2D eigenvalue weighted by molar-refractivity contribution is -0.113. The predicted octanol–water partition coefficient (Wildman–Crippen LogP) is 4.50. The minimum Gasteiger partial charge on any atom is -0.494 e. The summed E-state index contributed by atoms with van der Waals surface area (Å²) in [5, 5.41) is 8.04. The third kappa shape index (κ3) is 4.03. The van der Waals surface area contributed by atoms with Gasteiger partial charge in [-0.05, 0) is 46.6 Å². The van der Waals surface area contributed by atoms with Crippen LogP contribution in [-0.4, -0.2) is 40.3 Å². The monoisotopic (exact) mass is 415 g/mol. The maximum absolute atomic E-state index is 12.6. The van der Waals surface area contributed by atoms with Crippen LogP contribution in [0.15, 0.2) is 24.3 Å². The third-order valence-electron chi connectivity index (χ3n) is 5.55. The number of rotatable bonds is 4. The summed E-state index contributed by atoms with van der Waals surface area (Å²) >= 11 is 1.63. The van der Waals surface area contributed by atoms with E-state index in [1.165, 1.54) is 0 Å². The Balaban J connectivity index is 1.80. The Morgan fingerprint density at radius 3 is 2.93 bits per heavy atom. The second-order valence-electron chi connectivity index (χ2n) is 8.26. The Morgan fingerprint density at radius 2 is 2.17 bits per heavy atom. The van der Waals surface area contributed by atoms with Gasteiger partial charge in [0, 0.05) is 17.7 Å². The lowest BCUT2D eigenvalue weighted by Gasteiger charge is -2.36. The first kappa shape index (κ1) is 20.3. The molecule has 2 aromatic rings. The molecule has 1 N–H and O–H groups in total. The Labute approximate surface area is 176 Å². The molecule has 0 spiro atoms. The molecule has 1 aromatic carbocycles. The van der Waals surface area contributed by atoms with Crippen LogP contribution in [0, 0.1) is 6.92 Å². The number of anilines is 1. The Kier molecular flexibility index (Phi) is 5.62. The first-order chi connectivity index (χ1) is 13.9. The number of fused-ring (bicyclic) bond motifs is 1. The highest BCUT2D eigenvalue weighted by Gasteiger charge is 2.36. The van der Waals surface area contributed by atoms with Crippen LogP contribution in [0.25, 0.3) is 0 Å². The molecule has 6 nitrogen and oxygen atoms in total. The second kappa shape index (κ2) is 8.03. The lowest BCUT2D eigenvalue weighted by atomic mass is 9.94. The average molecular weight is 416 g/mol. The summed E-state index contributed by atoms with van der Waals surface area (Å²) in [5.74, 6) is 2.11. The van der Waals surface area contributed by atoms with E-state index in [1.54, 1.807) is 11.8 Å². The fourth-order valence-electron chi connectivity index (χ4n) is 4.31. The number of hydrogen-bond acceptors (Lipinski definition) is 5. The van der Waals surface area contributed by atoms with Crippen LogP contribution in [0.2, 0.25) is 0 Å². The number of nitrogens with zero attached hydrogens (tertiary/aromatic N) is 2. The molecule has 1 saturated heterocycles. The zero-order chi connectivity index (χ0) is 20.6. The molecule has 0 saturated carbocycles. The lowest BCUT2D eigenvalue weighted by Crippen LogP contribution is -2.36. The van der Waals surface area contributed by atoms with E-state index in [2.05, 4.69) is 25.2 Å². The van der Waals surface area contributed by atoms with Crippen LogP contribution in [0.3, 0.4) is 0 Å². The van der Waals surface area contributed by atoms with Crippen LogP contribution in [0.5, 0.6) is 5.75 Å². The van der Waals surface area contributed by atoms with E-state index in [0.717, 1.165) is 41.2 Å². The molecule has 7 heteroatoms. The third-order valence-corrected chi connectivity index (χ3v) is 6.80. The summed E-state index contributed by atoms with van der Waals surface area (Å²) in [5.41, 5.74) is 2.93. The summed E-state index contributed by atoms with van der Waals surface area (Å²) in [4.78, 5) is 12.6. The Morgan fingerprint density at radius 1 is 1.38 bits per heavy atom. The van der Waals surface area contributed by atoms with Crippen molar-refractivity contribution in [2.24, 2.45) is 0 Å². The molecule has 1 fully saturated rings. The van der Waals surface area contributed by atoms with Gasteiger partial charge in [-0.25, -0.2) is 4.68 Å². The van der Waals surface area contributed by atoms with Crippen molar-refractivity contribution in [1.29, 1.82) is 0 Å². The van der Waals surface area contributed by atoms with Gasteiger partial charge in [-0.2, -0.15) is 5.10 Å². The Bertz CT molecular complexity index is 909. The smallest absolute Gasteiger partial charge is 0.235 e. The zero-order valence-electron chi connectivity index (χ0n) is 17.5. The standard InChI is InChI=1S/C22H29N3O3S/c1-5-27-17-9-7-6-8-16(17)20-19-14(2)24-25(21(19)23-18(26)13-29-20)15-10-11-28-22(3,4)12-15/h6-9,15,20H,5,10-13H2,1-4H3,(H,23,26)/t15-,20+/m0/s1. The summed E-state index contributed by atoms with van der Waals surface area (Å²) in [6.45, 7) is 9.56. The molecule has 1 aromatic heterocycles. The molecule has 3 heterocycles. The van der Waals surface area contributed by atoms with Crippen molar-refractivity contribution in [2.75, 3.05) is 24.3 Å². The Hall–Kier alpha value is -1.99. The van der Waals surface area contributed by atoms with E-state index in [-0.39, 0.29) is 22.8 Å². The van der Waals surface area contributed by atoms with Gasteiger partial charge in [-0.15, -0.1) is 11.8 Å². The van der Waals surface area contributed by atoms with E-state index < -0.39 is 0 Å². The van der Waals surface area contributed by atoms with Crippen LogP contribution in [-0.2, 0) is 9.53 Å². The number of carbonyl (C=O) groups is 1. The fraction of sp³-hybridized carbons (Fsp3) is 0.545. The molecule has 0 radical (unpaired) electrons. The van der Waals surface area contributed by atoms with Crippen molar-refractivity contribution >= 4 is 23.5 Å². The molecular weight excluding hydrogens is 386 g/mol. The van der Waals surface area contributed by atoms with Gasteiger partial charge in [0.05, 0.1) is 34.9 Å². The highest BCUT2D eigenvalue weighted by atomic mass is 32.2. The molecule has 2 aliphatic heterocycles. The van der Waals surface area contributed by atoms with Gasteiger partial charge in [-0.3, -0.25) is 4.79 Å². The number of ether oxygens (including phenoxy) is 2. The minimum absolute atomic E-state index is 0.00620. The van der Waals surface area contributed by atoms with Crippen molar-refractivity contribution in [1.82, 2.24) is 9.78 Å². The van der Waals surface area contributed by atoms with Crippen molar-refractivity contribution in [3.63, 3.8) is 0 Å². The van der Waals surface area contributed by atoms with Gasteiger partial charge in [0.15, 0.2) is 0 Å². The van der Waals surface area contributed by atoms with E-state index >= 15 is 0 Å². The normalized spacial score (nSPS) is 23.8. The molecule has 29 heavy (non-hydrogen) atoms. The number of aromatic nitrogens is 2. The van der Waals surface area contributed by atoms with Crippen LogP contribution in [0.1, 0.15) is 61.7 Å². The fourth-order valence-corrected chi connectivity index (χ4v) is 5.52. The van der Waals surface area contributed by atoms with Gasteiger partial charge >= 0.3 is 0 Å². The van der Waals surface area contributed by atoms with Crippen molar-refractivity contribution in [3.05, 3.63) is 41.1 Å². The van der Waals surface area contributed by atoms with E-state index in [4.69, 9.17) is 14.6 Å². The van der Waals surface area contributed by atoms with E-state index in [0.29, 0.717) is 19.0 Å². The summed E-state index contributed by atoms with van der Waals surface area (Å²) < 4.78 is 13.8. The molecule has 2 atom stereocenters. The number of hydrogen-bond donors (Lipinski definition) is 1. The van der Waals surface area contributed by atoms with Crippen LogP contribution in [0.4, 0.5) is 5.82 Å². The average Bonchev–Trinajstić information content (AvgIpc) is 2.88. The highest BCUT2D eigenvalue weighted by Crippen LogP contribution is 2.47. The number of carbonyl (C=O) groups excluding carboxylic acids is 1. The summed E-state index contributed by atoms with van der Waals surface area (Å²) in [6, 6.07) is 8.31. The van der Waals surface area contributed by atoms with Crippen LogP contribution < -0.4 is 10.1 Å². The first-order valence-electron chi connectivity index (χ1n) is 10.3. The number of amides is 1. The van der Waals surface area contributed by atoms with Gasteiger partial charge < -0.3 is 14.8 Å². The molecule has 1 amide bonds. The highest BCUT2D eigenvalue weighted by molar-refractivity contribution is 8.00. The van der Waals surface area contributed by atoms with Gasteiger partial charge in [0.25, 0.3) is 0 Å². The molecule has 0 bridgehead atoms. The molecule has 0 aliphatic carbocycles. The number of thioether (sulfide) groups is 1. The SMILES string of the molecule is CCOc1ccccc1[C@H]1SCC(=O)Nc2c1c(C)nn2[C@H]1CCOC(C)(C)C1. The second-order valence-corrected chi connectivity index (χ2v) is 9.35. The summed E-state index contributed by atoms with van der Waals surface area (Å²) in [6.07, 6.45) is 1.75. The van der Waals surface area contributed by atoms with E-state index in [1.807, 2.05) is 36.7 Å². The van der Waals surface area contributed by atoms with Crippen molar-refractivity contribution in [3.8, 4) is 5.75 Å². The number of para-hydroxylation sites is 1. The van der Waals surface area contributed by atoms with Gasteiger partial charge in [-0.1, -0.05) is 18.2 Å². The van der Waals surface area contributed by atoms with Crippen molar-refractivity contribution < 1.29 is 14.3 Å². The molecular formula is C22H29N3O3S. The molecule has 4 rings (SSSR count). The maximum atomic E-state index is 12.6. The molecule has 2 aliphatic rings. The number of nitrogens with one attached hydrogen (secondary N) is 1. The minimum atomic E-state index is -0.194. The largest absolute Gasteiger partial charge is 0.494 e. The van der Waals surface area contributed by atoms with Crippen LogP contribution >= 0.6 is 11.8 Å². The van der Waals surface area contributed by atoms with Crippen molar-refractivity contribution in [2.45, 2.75) is 57.4 Å². The molecule has 156 valence electrons. The number of benzene rings is 1. The van der Waals surface area contributed by atoms with E-state index in [9.17, 15) is 4.79 Å². The maximum Gasteiger partial charge on any atom is 0.235 e. The van der Waals surface area contributed by atoms with Gasteiger partial charge in [0.1, 0.15) is 11.6 Å². The first-order valence-corrected chi connectivity index (χ1v) is 11.3. The topological polar surface area (TPSA) is 65.4 Å². The van der Waals surface area contributed by atoms with Gasteiger partial charge in [0.2, 0.25) is 5.91 Å². The predicted molar refractivity (Wildman–Crippen MR) is 116 cm³/mol.